The molecular weight excluding hydrogens is 176 g/mol. The molecule has 0 spiro atoms. The van der Waals surface area contributed by atoms with Crippen LogP contribution in [0.3, 0.4) is 0 Å². The van der Waals surface area contributed by atoms with Crippen molar-refractivity contribution in [3.05, 3.63) is 0 Å². The standard InChI is InChI=1S/C11H24N2O/c1-2-14-9-3-4-11(13-12)8-7-10-5-6-10/h10-11,13H,2-9,12H2,1H3. The second-order valence-corrected chi connectivity index (χ2v) is 4.22. The zero-order valence-electron chi connectivity index (χ0n) is 9.30. The van der Waals surface area contributed by atoms with E-state index in [1.54, 1.807) is 0 Å². The Balaban J connectivity index is 1.93. The van der Waals surface area contributed by atoms with Crippen LogP contribution in [0.25, 0.3) is 0 Å². The highest BCUT2D eigenvalue weighted by Gasteiger charge is 2.21. The maximum Gasteiger partial charge on any atom is 0.0466 e. The molecule has 3 heteroatoms. The van der Waals surface area contributed by atoms with E-state index >= 15 is 0 Å². The number of nitrogens with one attached hydrogen (secondary N) is 1. The van der Waals surface area contributed by atoms with Gasteiger partial charge >= 0.3 is 0 Å². The molecule has 3 N–H and O–H groups in total. The highest BCUT2D eigenvalue weighted by Crippen LogP contribution is 2.34. The highest BCUT2D eigenvalue weighted by molar-refractivity contribution is 4.75. The predicted molar refractivity (Wildman–Crippen MR) is 58.8 cm³/mol. The van der Waals surface area contributed by atoms with E-state index in [0.717, 1.165) is 32.0 Å². The van der Waals surface area contributed by atoms with Crippen LogP contribution in [-0.2, 0) is 4.74 Å². The minimum Gasteiger partial charge on any atom is -0.382 e. The van der Waals surface area contributed by atoms with Crippen LogP contribution in [-0.4, -0.2) is 19.3 Å². The fourth-order valence-corrected chi connectivity index (χ4v) is 1.73. The second kappa shape index (κ2) is 7.21. The molecule has 0 aromatic heterocycles. The lowest BCUT2D eigenvalue weighted by Gasteiger charge is -2.15. The molecule has 0 aromatic rings. The summed E-state index contributed by atoms with van der Waals surface area (Å²) in [5, 5.41) is 0. The number of hydrogen-bond donors (Lipinski definition) is 2. The average Bonchev–Trinajstić information content (AvgIpc) is 3.01. The Labute approximate surface area is 87.4 Å². The van der Waals surface area contributed by atoms with Gasteiger partial charge in [0.1, 0.15) is 0 Å². The van der Waals surface area contributed by atoms with Crippen LogP contribution in [0.4, 0.5) is 0 Å². The molecule has 1 aliphatic carbocycles. The van der Waals surface area contributed by atoms with E-state index in [9.17, 15) is 0 Å². The van der Waals surface area contributed by atoms with Crippen molar-refractivity contribution >= 4 is 0 Å². The first-order valence-electron chi connectivity index (χ1n) is 5.90. The van der Waals surface area contributed by atoms with Crippen molar-refractivity contribution in [2.75, 3.05) is 13.2 Å². The Morgan fingerprint density at radius 1 is 1.43 bits per heavy atom. The summed E-state index contributed by atoms with van der Waals surface area (Å²) in [7, 11) is 0. The van der Waals surface area contributed by atoms with E-state index in [1.165, 1.54) is 25.7 Å². The van der Waals surface area contributed by atoms with Gasteiger partial charge in [-0.2, -0.15) is 0 Å². The van der Waals surface area contributed by atoms with E-state index in [2.05, 4.69) is 5.43 Å². The molecule has 0 saturated heterocycles. The highest BCUT2D eigenvalue weighted by atomic mass is 16.5. The lowest BCUT2D eigenvalue weighted by Crippen LogP contribution is -2.35. The van der Waals surface area contributed by atoms with Crippen molar-refractivity contribution in [3.8, 4) is 0 Å². The summed E-state index contributed by atoms with van der Waals surface area (Å²) in [5.41, 5.74) is 2.91. The van der Waals surface area contributed by atoms with Gasteiger partial charge in [0.2, 0.25) is 0 Å². The maximum absolute atomic E-state index is 5.50. The Bertz CT molecular complexity index is 137. The Morgan fingerprint density at radius 2 is 2.21 bits per heavy atom. The molecule has 1 rings (SSSR count). The normalized spacial score (nSPS) is 18.4. The molecule has 0 aliphatic heterocycles. The SMILES string of the molecule is CCOCCCC(CCC1CC1)NN. The van der Waals surface area contributed by atoms with Crippen LogP contribution >= 0.6 is 0 Å². The molecule has 1 fully saturated rings. The van der Waals surface area contributed by atoms with Gasteiger partial charge in [0.15, 0.2) is 0 Å². The molecule has 1 atom stereocenters. The molecule has 1 unspecified atom stereocenters. The third-order valence-corrected chi connectivity index (χ3v) is 2.90. The largest absolute Gasteiger partial charge is 0.382 e. The Hall–Kier alpha value is -0.120. The van der Waals surface area contributed by atoms with E-state index in [-0.39, 0.29) is 0 Å². The van der Waals surface area contributed by atoms with Crippen molar-refractivity contribution in [1.29, 1.82) is 0 Å². The molecule has 0 bridgehead atoms. The fraction of sp³-hybridized carbons (Fsp3) is 1.00. The minimum atomic E-state index is 0.496. The van der Waals surface area contributed by atoms with Gasteiger partial charge in [-0.15, -0.1) is 0 Å². The first-order chi connectivity index (χ1) is 6.86. The van der Waals surface area contributed by atoms with Gasteiger partial charge in [0.25, 0.3) is 0 Å². The van der Waals surface area contributed by atoms with Crippen LogP contribution in [0.1, 0.15) is 45.4 Å². The van der Waals surface area contributed by atoms with Crippen molar-refractivity contribution in [3.63, 3.8) is 0 Å². The van der Waals surface area contributed by atoms with Crippen LogP contribution in [0.15, 0.2) is 0 Å². The number of hydrazine groups is 1. The number of rotatable bonds is 9. The van der Waals surface area contributed by atoms with E-state index in [4.69, 9.17) is 10.6 Å². The van der Waals surface area contributed by atoms with Gasteiger partial charge in [0, 0.05) is 19.3 Å². The summed E-state index contributed by atoms with van der Waals surface area (Å²) >= 11 is 0. The van der Waals surface area contributed by atoms with Crippen molar-refractivity contribution in [2.45, 2.75) is 51.5 Å². The Kier molecular flexibility index (Phi) is 6.15. The summed E-state index contributed by atoms with van der Waals surface area (Å²) in [6.45, 7) is 3.73. The van der Waals surface area contributed by atoms with Gasteiger partial charge in [-0.1, -0.05) is 12.8 Å². The Morgan fingerprint density at radius 3 is 2.79 bits per heavy atom. The smallest absolute Gasteiger partial charge is 0.0466 e. The molecular formula is C11H24N2O. The molecule has 1 aliphatic rings. The van der Waals surface area contributed by atoms with Crippen molar-refractivity contribution in [1.82, 2.24) is 5.43 Å². The van der Waals surface area contributed by atoms with Gasteiger partial charge in [-0.25, -0.2) is 0 Å². The maximum atomic E-state index is 5.50. The minimum absolute atomic E-state index is 0.496. The van der Waals surface area contributed by atoms with Crippen LogP contribution in [0.5, 0.6) is 0 Å². The summed E-state index contributed by atoms with van der Waals surface area (Å²) in [6, 6.07) is 0.496. The monoisotopic (exact) mass is 200 g/mol. The molecule has 0 radical (unpaired) electrons. The topological polar surface area (TPSA) is 47.3 Å². The van der Waals surface area contributed by atoms with E-state index in [0.29, 0.717) is 6.04 Å². The molecule has 0 amide bonds. The number of ether oxygens (including phenoxy) is 1. The zero-order chi connectivity index (χ0) is 10.2. The number of nitrogens with two attached hydrogens (primary N) is 1. The zero-order valence-corrected chi connectivity index (χ0v) is 9.30. The first kappa shape index (κ1) is 12.0. The first-order valence-corrected chi connectivity index (χ1v) is 5.90. The third kappa shape index (κ3) is 5.58. The summed E-state index contributed by atoms with van der Waals surface area (Å²) < 4.78 is 5.30. The van der Waals surface area contributed by atoms with Crippen molar-refractivity contribution < 1.29 is 4.74 Å². The quantitative estimate of drug-likeness (QED) is 0.339. The molecule has 0 aromatic carbocycles. The molecule has 0 heterocycles. The van der Waals surface area contributed by atoms with E-state index < -0.39 is 0 Å². The second-order valence-electron chi connectivity index (χ2n) is 4.22. The molecule has 14 heavy (non-hydrogen) atoms. The summed E-state index contributed by atoms with van der Waals surface area (Å²) in [6.07, 6.45) is 7.72. The van der Waals surface area contributed by atoms with Gasteiger partial charge in [0.05, 0.1) is 0 Å². The molecule has 84 valence electrons. The molecule has 1 saturated carbocycles. The third-order valence-electron chi connectivity index (χ3n) is 2.90. The summed E-state index contributed by atoms with van der Waals surface area (Å²) in [4.78, 5) is 0. The van der Waals surface area contributed by atoms with Gasteiger partial charge < -0.3 is 4.74 Å². The predicted octanol–water partition coefficient (Wildman–Crippen LogP) is 1.83. The van der Waals surface area contributed by atoms with E-state index in [1.807, 2.05) is 6.92 Å². The van der Waals surface area contributed by atoms with Gasteiger partial charge in [-0.3, -0.25) is 11.3 Å². The molecule has 3 nitrogen and oxygen atoms in total. The van der Waals surface area contributed by atoms with Crippen LogP contribution in [0, 0.1) is 5.92 Å². The average molecular weight is 200 g/mol. The fourth-order valence-electron chi connectivity index (χ4n) is 1.73. The summed E-state index contributed by atoms with van der Waals surface area (Å²) in [5.74, 6) is 6.52. The van der Waals surface area contributed by atoms with Crippen LogP contribution < -0.4 is 11.3 Å². The van der Waals surface area contributed by atoms with Crippen LogP contribution in [0.2, 0.25) is 0 Å². The lowest BCUT2D eigenvalue weighted by molar-refractivity contribution is 0.140. The van der Waals surface area contributed by atoms with Crippen molar-refractivity contribution in [2.24, 2.45) is 11.8 Å². The number of hydrogen-bond acceptors (Lipinski definition) is 3. The lowest BCUT2D eigenvalue weighted by atomic mass is 10.0. The van der Waals surface area contributed by atoms with Gasteiger partial charge in [-0.05, 0) is 38.5 Å².